The Morgan fingerprint density at radius 1 is 1.25 bits per heavy atom. The Hall–Kier alpha value is -1.44. The molecule has 106 valence electrons. The van der Waals surface area contributed by atoms with Crippen LogP contribution in [-0.4, -0.2) is 13.4 Å². The summed E-state index contributed by atoms with van der Waals surface area (Å²) in [6, 6.07) is 7.72. The Labute approximate surface area is 126 Å². The summed E-state index contributed by atoms with van der Waals surface area (Å²) >= 11 is 3.24. The van der Waals surface area contributed by atoms with Crippen molar-refractivity contribution in [3.63, 3.8) is 0 Å². The van der Waals surface area contributed by atoms with Crippen LogP contribution in [0.25, 0.3) is 0 Å². The summed E-state index contributed by atoms with van der Waals surface area (Å²) in [6.07, 6.45) is 3.25. The molecule has 5 nitrogen and oxygen atoms in total. The molecule has 1 aromatic heterocycles. The first-order valence-electron chi connectivity index (χ1n) is 5.87. The van der Waals surface area contributed by atoms with Gasteiger partial charge in [0.15, 0.2) is 0 Å². The number of pyridine rings is 1. The lowest BCUT2D eigenvalue weighted by Crippen LogP contribution is -2.27. The third-order valence-corrected chi connectivity index (χ3v) is 5.08. The smallest absolute Gasteiger partial charge is 0.241 e. The third-order valence-electron chi connectivity index (χ3n) is 2.82. The highest BCUT2D eigenvalue weighted by molar-refractivity contribution is 9.10. The number of nitrogens with one attached hydrogen (secondary N) is 1. The van der Waals surface area contributed by atoms with Gasteiger partial charge < -0.3 is 5.73 Å². The standard InChI is InChI=1S/C13H14BrN3O2S/c1-9(10-4-6-16-7-5-10)17-20(18,19)11-2-3-12(14)13(15)8-11/h2-9,17H,15H2,1H3. The maximum atomic E-state index is 12.3. The third kappa shape index (κ3) is 3.36. The van der Waals surface area contributed by atoms with E-state index in [-0.39, 0.29) is 10.9 Å². The van der Waals surface area contributed by atoms with E-state index in [1.165, 1.54) is 12.1 Å². The fourth-order valence-electron chi connectivity index (χ4n) is 1.71. The number of hydrogen-bond acceptors (Lipinski definition) is 4. The molecule has 20 heavy (non-hydrogen) atoms. The number of rotatable bonds is 4. The highest BCUT2D eigenvalue weighted by Gasteiger charge is 2.19. The van der Waals surface area contributed by atoms with Crippen LogP contribution in [0, 0.1) is 0 Å². The zero-order valence-electron chi connectivity index (χ0n) is 10.7. The molecule has 1 aromatic carbocycles. The van der Waals surface area contributed by atoms with E-state index in [1.807, 2.05) is 0 Å². The van der Waals surface area contributed by atoms with Crippen LogP contribution in [0.1, 0.15) is 18.5 Å². The fraction of sp³-hybridized carbons (Fsp3) is 0.154. The summed E-state index contributed by atoms with van der Waals surface area (Å²) in [6.45, 7) is 1.77. The van der Waals surface area contributed by atoms with Crippen molar-refractivity contribution in [3.8, 4) is 0 Å². The lowest BCUT2D eigenvalue weighted by Gasteiger charge is -2.15. The monoisotopic (exact) mass is 355 g/mol. The zero-order valence-corrected chi connectivity index (χ0v) is 13.1. The van der Waals surface area contributed by atoms with Crippen molar-refractivity contribution < 1.29 is 8.42 Å². The fourth-order valence-corrected chi connectivity index (χ4v) is 3.22. The molecule has 7 heteroatoms. The van der Waals surface area contributed by atoms with E-state index in [1.54, 1.807) is 37.5 Å². The molecule has 0 aliphatic carbocycles. The summed E-state index contributed by atoms with van der Waals surface area (Å²) in [5, 5.41) is 0. The van der Waals surface area contributed by atoms with Gasteiger partial charge in [-0.25, -0.2) is 13.1 Å². The van der Waals surface area contributed by atoms with Gasteiger partial charge in [0, 0.05) is 28.6 Å². The molecule has 1 atom stereocenters. The second kappa shape index (κ2) is 5.90. The maximum absolute atomic E-state index is 12.3. The van der Waals surface area contributed by atoms with Gasteiger partial charge in [-0.1, -0.05) is 0 Å². The van der Waals surface area contributed by atoms with E-state index in [4.69, 9.17) is 5.73 Å². The average molecular weight is 356 g/mol. The van der Waals surface area contributed by atoms with Crippen molar-refractivity contribution in [3.05, 3.63) is 52.8 Å². The van der Waals surface area contributed by atoms with Crippen LogP contribution in [0.3, 0.4) is 0 Å². The van der Waals surface area contributed by atoms with Gasteiger partial charge in [0.05, 0.1) is 4.90 Å². The van der Waals surface area contributed by atoms with Crippen molar-refractivity contribution in [2.75, 3.05) is 5.73 Å². The molecule has 0 bridgehead atoms. The predicted octanol–water partition coefficient (Wildman–Crippen LogP) is 2.47. The Bertz CT molecular complexity index is 705. The minimum Gasteiger partial charge on any atom is -0.398 e. The van der Waals surface area contributed by atoms with Gasteiger partial charge in [0.1, 0.15) is 0 Å². The van der Waals surface area contributed by atoms with E-state index >= 15 is 0 Å². The molecule has 0 spiro atoms. The van der Waals surface area contributed by atoms with E-state index in [2.05, 4.69) is 25.6 Å². The molecule has 2 rings (SSSR count). The topological polar surface area (TPSA) is 85.1 Å². The molecule has 0 aliphatic heterocycles. The second-order valence-corrected chi connectivity index (χ2v) is 6.88. The van der Waals surface area contributed by atoms with Gasteiger partial charge in [0.25, 0.3) is 0 Å². The van der Waals surface area contributed by atoms with Crippen molar-refractivity contribution in [1.82, 2.24) is 9.71 Å². The first-order chi connectivity index (χ1) is 9.40. The molecule has 0 radical (unpaired) electrons. The highest BCUT2D eigenvalue weighted by Crippen LogP contribution is 2.24. The summed E-state index contributed by atoms with van der Waals surface area (Å²) in [5.74, 6) is 0. The first kappa shape index (κ1) is 15.0. The molecular weight excluding hydrogens is 342 g/mol. The van der Waals surface area contributed by atoms with Crippen LogP contribution in [-0.2, 0) is 10.0 Å². The van der Waals surface area contributed by atoms with Crippen LogP contribution in [0.4, 0.5) is 5.69 Å². The van der Waals surface area contributed by atoms with E-state index in [9.17, 15) is 8.42 Å². The van der Waals surface area contributed by atoms with Gasteiger partial charge in [-0.15, -0.1) is 0 Å². The number of nitrogens with zero attached hydrogens (tertiary/aromatic N) is 1. The van der Waals surface area contributed by atoms with Gasteiger partial charge in [-0.05, 0) is 58.7 Å². The number of nitrogen functional groups attached to an aromatic ring is 1. The Morgan fingerprint density at radius 3 is 2.50 bits per heavy atom. The quantitative estimate of drug-likeness (QED) is 0.825. The Balaban J connectivity index is 2.25. The van der Waals surface area contributed by atoms with Crippen molar-refractivity contribution in [1.29, 1.82) is 0 Å². The molecule has 0 amide bonds. The van der Waals surface area contributed by atoms with E-state index in [0.717, 1.165) is 5.56 Å². The van der Waals surface area contributed by atoms with Crippen LogP contribution in [0.2, 0.25) is 0 Å². The minimum atomic E-state index is -3.62. The molecule has 0 saturated carbocycles. The maximum Gasteiger partial charge on any atom is 0.241 e. The summed E-state index contributed by atoms with van der Waals surface area (Å²) in [7, 11) is -3.62. The normalized spacial score (nSPS) is 13.1. The molecule has 1 unspecified atom stereocenters. The predicted molar refractivity (Wildman–Crippen MR) is 81.5 cm³/mol. The molecule has 3 N–H and O–H groups in total. The number of halogens is 1. The van der Waals surface area contributed by atoms with Gasteiger partial charge >= 0.3 is 0 Å². The summed E-state index contributed by atoms with van der Waals surface area (Å²) < 4.78 is 27.8. The largest absolute Gasteiger partial charge is 0.398 e. The SMILES string of the molecule is CC(NS(=O)(=O)c1ccc(Br)c(N)c1)c1ccncc1. The second-order valence-electron chi connectivity index (χ2n) is 4.31. The molecule has 0 aliphatic rings. The summed E-state index contributed by atoms with van der Waals surface area (Å²) in [5.41, 5.74) is 6.93. The van der Waals surface area contributed by atoms with Crippen molar-refractivity contribution in [2.45, 2.75) is 17.9 Å². The summed E-state index contributed by atoms with van der Waals surface area (Å²) in [4.78, 5) is 4.04. The van der Waals surface area contributed by atoms with Crippen LogP contribution in [0.15, 0.2) is 52.1 Å². The molecule has 0 saturated heterocycles. The molecule has 0 fully saturated rings. The Morgan fingerprint density at radius 2 is 1.90 bits per heavy atom. The van der Waals surface area contributed by atoms with Crippen molar-refractivity contribution >= 4 is 31.6 Å². The average Bonchev–Trinajstić information content (AvgIpc) is 2.42. The lowest BCUT2D eigenvalue weighted by atomic mass is 10.1. The van der Waals surface area contributed by atoms with E-state index < -0.39 is 10.0 Å². The minimum absolute atomic E-state index is 0.138. The number of aromatic nitrogens is 1. The highest BCUT2D eigenvalue weighted by atomic mass is 79.9. The Kier molecular flexibility index (Phi) is 4.42. The molecular formula is C13H14BrN3O2S. The number of sulfonamides is 1. The van der Waals surface area contributed by atoms with Crippen LogP contribution in [0.5, 0.6) is 0 Å². The van der Waals surface area contributed by atoms with Crippen LogP contribution >= 0.6 is 15.9 Å². The number of nitrogens with two attached hydrogens (primary N) is 1. The zero-order chi connectivity index (χ0) is 14.8. The number of benzene rings is 1. The van der Waals surface area contributed by atoms with E-state index in [0.29, 0.717) is 10.2 Å². The van der Waals surface area contributed by atoms with Crippen molar-refractivity contribution in [2.24, 2.45) is 0 Å². The first-order valence-corrected chi connectivity index (χ1v) is 8.15. The number of anilines is 1. The van der Waals surface area contributed by atoms with Crippen LogP contribution < -0.4 is 10.5 Å². The van der Waals surface area contributed by atoms with Gasteiger partial charge in [-0.2, -0.15) is 0 Å². The van der Waals surface area contributed by atoms with Gasteiger partial charge in [0.2, 0.25) is 10.0 Å². The van der Waals surface area contributed by atoms with Gasteiger partial charge in [-0.3, -0.25) is 4.98 Å². The lowest BCUT2D eigenvalue weighted by molar-refractivity contribution is 0.567. The molecule has 1 heterocycles. The number of hydrogen-bond donors (Lipinski definition) is 2. The molecule has 2 aromatic rings.